The molecule has 0 spiro atoms. The SMILES string of the molecule is CSc1nc(NN)cc(N(C)Cc2cccnc2)n1. The normalized spacial score (nSPS) is 10.3. The van der Waals surface area contributed by atoms with Crippen LogP contribution in [-0.4, -0.2) is 28.3 Å². The van der Waals surface area contributed by atoms with Crippen molar-refractivity contribution in [3.05, 3.63) is 36.2 Å². The number of nitrogens with two attached hydrogens (primary N) is 1. The molecule has 2 rings (SSSR count). The van der Waals surface area contributed by atoms with Crippen LogP contribution in [0.2, 0.25) is 0 Å². The predicted octanol–water partition coefficient (Wildman–Crippen LogP) is 1.52. The average molecular weight is 276 g/mol. The lowest BCUT2D eigenvalue weighted by atomic mass is 10.3. The smallest absolute Gasteiger partial charge is 0.191 e. The Morgan fingerprint density at radius 1 is 1.42 bits per heavy atom. The summed E-state index contributed by atoms with van der Waals surface area (Å²) in [5.41, 5.74) is 3.68. The zero-order valence-corrected chi connectivity index (χ0v) is 11.7. The third-order valence-corrected chi connectivity index (χ3v) is 3.10. The van der Waals surface area contributed by atoms with Crippen LogP contribution in [0, 0.1) is 0 Å². The largest absolute Gasteiger partial charge is 0.355 e. The van der Waals surface area contributed by atoms with Gasteiger partial charge in [0.2, 0.25) is 0 Å². The lowest BCUT2D eigenvalue weighted by Gasteiger charge is -2.19. The number of thioether (sulfide) groups is 1. The van der Waals surface area contributed by atoms with E-state index in [-0.39, 0.29) is 0 Å². The molecular weight excluding hydrogens is 260 g/mol. The van der Waals surface area contributed by atoms with Gasteiger partial charge in [0.25, 0.3) is 0 Å². The summed E-state index contributed by atoms with van der Waals surface area (Å²) in [6, 6.07) is 5.77. The van der Waals surface area contributed by atoms with E-state index in [2.05, 4.69) is 20.4 Å². The number of anilines is 2. The summed E-state index contributed by atoms with van der Waals surface area (Å²) < 4.78 is 0. The summed E-state index contributed by atoms with van der Waals surface area (Å²) in [7, 11) is 1.97. The Hall–Kier alpha value is -1.86. The molecule has 100 valence electrons. The van der Waals surface area contributed by atoms with Crippen LogP contribution in [-0.2, 0) is 6.54 Å². The molecule has 0 amide bonds. The van der Waals surface area contributed by atoms with Gasteiger partial charge in [-0.05, 0) is 17.9 Å². The number of aromatic nitrogens is 3. The van der Waals surface area contributed by atoms with Crippen LogP contribution in [0.5, 0.6) is 0 Å². The van der Waals surface area contributed by atoms with Crippen molar-refractivity contribution in [1.29, 1.82) is 0 Å². The lowest BCUT2D eigenvalue weighted by molar-refractivity contribution is 0.853. The number of rotatable bonds is 5. The van der Waals surface area contributed by atoms with Crippen LogP contribution in [0.25, 0.3) is 0 Å². The molecule has 0 bridgehead atoms. The molecule has 0 atom stereocenters. The van der Waals surface area contributed by atoms with Gasteiger partial charge in [0.15, 0.2) is 5.16 Å². The number of hydrogen-bond donors (Lipinski definition) is 2. The molecule has 0 aliphatic carbocycles. The van der Waals surface area contributed by atoms with Crippen molar-refractivity contribution in [2.24, 2.45) is 5.84 Å². The van der Waals surface area contributed by atoms with Gasteiger partial charge in [0.05, 0.1) is 0 Å². The Labute approximate surface area is 116 Å². The van der Waals surface area contributed by atoms with Gasteiger partial charge in [-0.25, -0.2) is 15.8 Å². The molecule has 0 unspecified atom stereocenters. The van der Waals surface area contributed by atoms with Crippen LogP contribution in [0.3, 0.4) is 0 Å². The van der Waals surface area contributed by atoms with Gasteiger partial charge in [0, 0.05) is 32.1 Å². The summed E-state index contributed by atoms with van der Waals surface area (Å²) in [6.07, 6.45) is 5.53. The van der Waals surface area contributed by atoms with Gasteiger partial charge in [-0.3, -0.25) is 4.98 Å². The van der Waals surface area contributed by atoms with Crippen LogP contribution in [0.1, 0.15) is 5.56 Å². The van der Waals surface area contributed by atoms with Gasteiger partial charge in [-0.15, -0.1) is 0 Å². The number of nitrogens with one attached hydrogen (secondary N) is 1. The third-order valence-electron chi connectivity index (χ3n) is 2.56. The molecule has 0 radical (unpaired) electrons. The monoisotopic (exact) mass is 276 g/mol. The van der Waals surface area contributed by atoms with Crippen LogP contribution >= 0.6 is 11.8 Å². The van der Waals surface area contributed by atoms with E-state index in [4.69, 9.17) is 5.84 Å². The van der Waals surface area contributed by atoms with Crippen molar-refractivity contribution in [3.8, 4) is 0 Å². The van der Waals surface area contributed by atoms with Gasteiger partial charge in [0.1, 0.15) is 11.6 Å². The molecule has 0 aliphatic rings. The third kappa shape index (κ3) is 3.55. The van der Waals surface area contributed by atoms with Crippen LogP contribution in [0.4, 0.5) is 11.6 Å². The molecule has 0 aliphatic heterocycles. The zero-order valence-electron chi connectivity index (χ0n) is 10.9. The molecular formula is C12H16N6S. The van der Waals surface area contributed by atoms with Crippen molar-refractivity contribution in [1.82, 2.24) is 15.0 Å². The van der Waals surface area contributed by atoms with Crippen molar-refractivity contribution in [3.63, 3.8) is 0 Å². The molecule has 2 heterocycles. The van der Waals surface area contributed by atoms with Crippen molar-refractivity contribution in [2.75, 3.05) is 23.6 Å². The number of hydrogen-bond acceptors (Lipinski definition) is 7. The molecule has 19 heavy (non-hydrogen) atoms. The second kappa shape index (κ2) is 6.35. The van der Waals surface area contributed by atoms with Crippen molar-refractivity contribution < 1.29 is 0 Å². The maximum atomic E-state index is 5.42. The van der Waals surface area contributed by atoms with Gasteiger partial charge in [-0.1, -0.05) is 17.8 Å². The Morgan fingerprint density at radius 3 is 2.89 bits per heavy atom. The quantitative estimate of drug-likeness (QED) is 0.371. The number of nitrogens with zero attached hydrogens (tertiary/aromatic N) is 4. The second-order valence-corrected chi connectivity index (χ2v) is 4.73. The van der Waals surface area contributed by atoms with Crippen molar-refractivity contribution >= 4 is 23.4 Å². The summed E-state index contributed by atoms with van der Waals surface area (Å²) in [6.45, 7) is 0.725. The topological polar surface area (TPSA) is 80.0 Å². The van der Waals surface area contributed by atoms with E-state index in [9.17, 15) is 0 Å². The second-order valence-electron chi connectivity index (χ2n) is 3.96. The lowest BCUT2D eigenvalue weighted by Crippen LogP contribution is -2.19. The Morgan fingerprint density at radius 2 is 2.26 bits per heavy atom. The summed E-state index contributed by atoms with van der Waals surface area (Å²) in [5, 5.41) is 0.684. The van der Waals surface area contributed by atoms with E-state index < -0.39 is 0 Å². The molecule has 3 N–H and O–H groups in total. The minimum atomic E-state index is 0.604. The maximum absolute atomic E-state index is 5.42. The van der Waals surface area contributed by atoms with E-state index in [1.807, 2.05) is 42.6 Å². The molecule has 7 heteroatoms. The summed E-state index contributed by atoms with van der Waals surface area (Å²) >= 11 is 1.48. The highest BCUT2D eigenvalue weighted by atomic mass is 32.2. The summed E-state index contributed by atoms with van der Waals surface area (Å²) in [5.74, 6) is 6.84. The van der Waals surface area contributed by atoms with Crippen LogP contribution in [0.15, 0.2) is 35.7 Å². The average Bonchev–Trinajstić information content (AvgIpc) is 2.47. The Balaban J connectivity index is 2.20. The minimum absolute atomic E-state index is 0.604. The van der Waals surface area contributed by atoms with Crippen LogP contribution < -0.4 is 16.2 Å². The van der Waals surface area contributed by atoms with Gasteiger partial charge in [-0.2, -0.15) is 0 Å². The first-order valence-corrected chi connectivity index (χ1v) is 6.95. The number of hydrazine groups is 1. The molecule has 2 aromatic rings. The number of nitrogen functional groups attached to an aromatic ring is 1. The van der Waals surface area contributed by atoms with E-state index in [0.29, 0.717) is 11.0 Å². The van der Waals surface area contributed by atoms with E-state index >= 15 is 0 Å². The van der Waals surface area contributed by atoms with E-state index in [0.717, 1.165) is 17.9 Å². The minimum Gasteiger partial charge on any atom is -0.355 e. The summed E-state index contributed by atoms with van der Waals surface area (Å²) in [4.78, 5) is 14.8. The van der Waals surface area contributed by atoms with Crippen molar-refractivity contribution in [2.45, 2.75) is 11.7 Å². The zero-order chi connectivity index (χ0) is 13.7. The molecule has 0 saturated carbocycles. The first kappa shape index (κ1) is 13.6. The predicted molar refractivity (Wildman–Crippen MR) is 78.0 cm³/mol. The Kier molecular flexibility index (Phi) is 4.53. The fourth-order valence-electron chi connectivity index (χ4n) is 1.62. The fourth-order valence-corrected chi connectivity index (χ4v) is 1.99. The highest BCUT2D eigenvalue weighted by Gasteiger charge is 2.08. The standard InChI is InChI=1S/C12H16N6S/c1-18(8-9-4-3-5-14-7-9)11-6-10(17-13)15-12(16-11)19-2/h3-7H,8,13H2,1-2H3,(H,15,16,17). The number of pyridine rings is 1. The highest BCUT2D eigenvalue weighted by molar-refractivity contribution is 7.98. The first-order chi connectivity index (χ1) is 9.22. The van der Waals surface area contributed by atoms with Gasteiger partial charge < -0.3 is 10.3 Å². The fraction of sp³-hybridized carbons (Fsp3) is 0.250. The maximum Gasteiger partial charge on any atom is 0.191 e. The molecule has 0 saturated heterocycles. The van der Waals surface area contributed by atoms with E-state index in [1.165, 1.54) is 11.8 Å². The molecule has 0 fully saturated rings. The Bertz CT molecular complexity index is 511. The molecule has 6 nitrogen and oxygen atoms in total. The highest BCUT2D eigenvalue weighted by Crippen LogP contribution is 2.20. The molecule has 2 aromatic heterocycles. The van der Waals surface area contributed by atoms with E-state index in [1.54, 1.807) is 6.20 Å². The molecule has 0 aromatic carbocycles. The first-order valence-electron chi connectivity index (χ1n) is 5.72. The van der Waals surface area contributed by atoms with Gasteiger partial charge >= 0.3 is 0 Å².